The van der Waals surface area contributed by atoms with E-state index >= 15 is 0 Å². The summed E-state index contributed by atoms with van der Waals surface area (Å²) in [5.74, 6) is 3.53. The fraction of sp³-hybridized carbons (Fsp3) is 0.857. The monoisotopic (exact) mass is 208 g/mol. The molecule has 2 aliphatic rings. The minimum Gasteiger partial charge on any atom is -0.234 e. The van der Waals surface area contributed by atoms with Crippen LogP contribution in [0.5, 0.6) is 0 Å². The molecule has 0 aliphatic heterocycles. The molecular formula is C14H24O. The summed E-state index contributed by atoms with van der Waals surface area (Å²) in [4.78, 5) is 8.57. The zero-order valence-electron chi connectivity index (χ0n) is 9.84. The maximum Gasteiger partial charge on any atom is 0.116 e. The van der Waals surface area contributed by atoms with Gasteiger partial charge in [0.1, 0.15) is 5.94 Å². The van der Waals surface area contributed by atoms with Crippen molar-refractivity contribution in [1.82, 2.24) is 0 Å². The fourth-order valence-electron chi connectivity index (χ4n) is 3.21. The van der Waals surface area contributed by atoms with E-state index in [0.717, 1.165) is 11.8 Å². The predicted octanol–water partition coefficient (Wildman–Crippen LogP) is 4.15. The summed E-state index contributed by atoms with van der Waals surface area (Å²) in [6.07, 6.45) is 15.4. The molecule has 0 bridgehead atoms. The fourth-order valence-corrected chi connectivity index (χ4v) is 3.21. The number of hydrogen-bond acceptors (Lipinski definition) is 1. The van der Waals surface area contributed by atoms with Gasteiger partial charge in [-0.05, 0) is 18.4 Å². The highest BCUT2D eigenvalue weighted by Crippen LogP contribution is 2.37. The molecule has 0 aromatic rings. The molecule has 1 heteroatoms. The molecule has 0 N–H and O–H groups in total. The summed E-state index contributed by atoms with van der Waals surface area (Å²) in [6.45, 7) is 2.68. The van der Waals surface area contributed by atoms with E-state index in [1.54, 1.807) is 25.7 Å². The average molecular weight is 208 g/mol. The average Bonchev–Trinajstić information content (AvgIpc) is 2.32. The van der Waals surface area contributed by atoms with Crippen molar-refractivity contribution in [1.29, 1.82) is 0 Å². The van der Waals surface area contributed by atoms with Crippen LogP contribution in [0, 0.1) is 11.8 Å². The zero-order valence-corrected chi connectivity index (χ0v) is 9.84. The Morgan fingerprint density at radius 2 is 1.00 bits per heavy atom. The van der Waals surface area contributed by atoms with Crippen LogP contribution >= 0.6 is 0 Å². The van der Waals surface area contributed by atoms with Crippen LogP contribution in [0.2, 0.25) is 0 Å². The highest BCUT2D eigenvalue weighted by Gasteiger charge is 2.24. The van der Waals surface area contributed by atoms with Crippen LogP contribution in [0.1, 0.15) is 64.2 Å². The molecule has 15 heavy (non-hydrogen) atoms. The molecule has 2 fully saturated rings. The molecule has 0 spiro atoms. The van der Waals surface area contributed by atoms with E-state index < -0.39 is 0 Å². The van der Waals surface area contributed by atoms with Crippen molar-refractivity contribution in [2.45, 2.75) is 64.2 Å². The minimum absolute atomic E-state index is 1.14. The van der Waals surface area contributed by atoms with Crippen LogP contribution in [0.3, 0.4) is 0 Å². The first-order valence-electron chi connectivity index (χ1n) is 6.52. The normalized spacial score (nSPS) is 23.7. The molecule has 0 amide bonds. The van der Waals surface area contributed by atoms with E-state index in [1.807, 2.05) is 0 Å². The maximum absolute atomic E-state index is 8.57. The first kappa shape index (κ1) is 12.5. The number of carbonyl (C=O) groups excluding carboxylic acids is 1. The van der Waals surface area contributed by atoms with E-state index in [0.29, 0.717) is 0 Å². The quantitative estimate of drug-likeness (QED) is 0.592. The van der Waals surface area contributed by atoms with Gasteiger partial charge in [0.05, 0.1) is 0 Å². The lowest BCUT2D eigenvalue weighted by Crippen LogP contribution is -2.20. The third-order valence-electron chi connectivity index (χ3n) is 3.97. The Labute approximate surface area is 93.9 Å². The third kappa shape index (κ3) is 4.66. The van der Waals surface area contributed by atoms with Crippen molar-refractivity contribution in [3.05, 3.63) is 6.58 Å². The van der Waals surface area contributed by atoms with Gasteiger partial charge in [-0.1, -0.05) is 64.2 Å². The molecule has 0 atom stereocenters. The Kier molecular flexibility index (Phi) is 6.43. The molecule has 0 unspecified atom stereocenters. The Balaban J connectivity index is 0.000000337. The van der Waals surface area contributed by atoms with E-state index in [1.165, 1.54) is 44.5 Å². The highest BCUT2D eigenvalue weighted by molar-refractivity contribution is 5.38. The Morgan fingerprint density at radius 1 is 0.733 bits per heavy atom. The van der Waals surface area contributed by atoms with Crippen LogP contribution in [0.15, 0.2) is 6.58 Å². The summed E-state index contributed by atoms with van der Waals surface area (Å²) in [5, 5.41) is 0. The van der Waals surface area contributed by atoms with E-state index in [9.17, 15) is 0 Å². The van der Waals surface area contributed by atoms with Gasteiger partial charge in [0, 0.05) is 0 Å². The van der Waals surface area contributed by atoms with Gasteiger partial charge in [-0.3, -0.25) is 0 Å². The first-order valence-corrected chi connectivity index (χ1v) is 6.52. The molecule has 2 rings (SSSR count). The van der Waals surface area contributed by atoms with Crippen molar-refractivity contribution in [3.8, 4) is 0 Å². The van der Waals surface area contributed by atoms with Crippen molar-refractivity contribution >= 4 is 5.94 Å². The molecule has 0 radical (unpaired) electrons. The van der Waals surface area contributed by atoms with Crippen LogP contribution in [0.4, 0.5) is 0 Å². The van der Waals surface area contributed by atoms with Gasteiger partial charge in [-0.15, -0.1) is 0 Å². The second kappa shape index (κ2) is 7.70. The summed E-state index contributed by atoms with van der Waals surface area (Å²) >= 11 is 0. The molecule has 1 nitrogen and oxygen atoms in total. The van der Waals surface area contributed by atoms with Gasteiger partial charge in [0.15, 0.2) is 0 Å². The van der Waals surface area contributed by atoms with Gasteiger partial charge < -0.3 is 0 Å². The van der Waals surface area contributed by atoms with Gasteiger partial charge in [-0.2, -0.15) is 0 Å². The summed E-state index contributed by atoms with van der Waals surface area (Å²) in [5.41, 5.74) is 0. The molecule has 0 heterocycles. The lowest BCUT2D eigenvalue weighted by atomic mass is 9.73. The standard InChI is InChI=1S/C12H22.C2H2O/c1-3-7-11(8-4-1)12-9-5-2-6-10-12;1-2-3/h11-12H,1-10H2;1H2. The second-order valence-corrected chi connectivity index (χ2v) is 4.94. The summed E-state index contributed by atoms with van der Waals surface area (Å²) < 4.78 is 0. The SMILES string of the molecule is C1CCC(C2CCCCC2)CC1.C=C=O. The van der Waals surface area contributed by atoms with E-state index in [-0.39, 0.29) is 0 Å². The molecule has 0 aromatic heterocycles. The summed E-state index contributed by atoms with van der Waals surface area (Å²) in [6, 6.07) is 0. The molecular weight excluding hydrogens is 184 g/mol. The van der Waals surface area contributed by atoms with Crippen LogP contribution in [-0.2, 0) is 4.79 Å². The van der Waals surface area contributed by atoms with Gasteiger partial charge in [0.2, 0.25) is 0 Å². The molecule has 0 aromatic carbocycles. The maximum atomic E-state index is 8.57. The molecule has 2 saturated carbocycles. The van der Waals surface area contributed by atoms with Crippen molar-refractivity contribution < 1.29 is 4.79 Å². The lowest BCUT2D eigenvalue weighted by molar-refractivity contribution is 0.196. The topological polar surface area (TPSA) is 17.1 Å². The summed E-state index contributed by atoms with van der Waals surface area (Å²) in [7, 11) is 0. The van der Waals surface area contributed by atoms with Crippen LogP contribution in [-0.4, -0.2) is 5.94 Å². The van der Waals surface area contributed by atoms with Crippen molar-refractivity contribution in [2.24, 2.45) is 11.8 Å². The van der Waals surface area contributed by atoms with Crippen molar-refractivity contribution in [2.75, 3.05) is 0 Å². The Morgan fingerprint density at radius 3 is 1.27 bits per heavy atom. The smallest absolute Gasteiger partial charge is 0.116 e. The predicted molar refractivity (Wildman–Crippen MR) is 64.5 cm³/mol. The first-order chi connectivity index (χ1) is 7.38. The number of rotatable bonds is 1. The number of hydrogen-bond donors (Lipinski definition) is 0. The lowest BCUT2D eigenvalue weighted by Gasteiger charge is -2.32. The Bertz CT molecular complexity index is 164. The molecule has 2 aliphatic carbocycles. The highest BCUT2D eigenvalue weighted by atomic mass is 16.1. The molecule has 0 saturated heterocycles. The largest absolute Gasteiger partial charge is 0.234 e. The minimum atomic E-state index is 1.14. The zero-order chi connectivity index (χ0) is 10.9. The second-order valence-electron chi connectivity index (χ2n) is 4.94. The van der Waals surface area contributed by atoms with Crippen LogP contribution in [0.25, 0.3) is 0 Å². The van der Waals surface area contributed by atoms with Gasteiger partial charge in [-0.25, -0.2) is 4.79 Å². The Hall–Kier alpha value is -0.550. The van der Waals surface area contributed by atoms with Crippen LogP contribution < -0.4 is 0 Å². The van der Waals surface area contributed by atoms with Gasteiger partial charge >= 0.3 is 0 Å². The van der Waals surface area contributed by atoms with Gasteiger partial charge in [0.25, 0.3) is 0 Å². The molecule has 86 valence electrons. The third-order valence-corrected chi connectivity index (χ3v) is 3.97. The van der Waals surface area contributed by atoms with E-state index in [2.05, 4.69) is 6.58 Å². The van der Waals surface area contributed by atoms with E-state index in [4.69, 9.17) is 4.79 Å². The van der Waals surface area contributed by atoms with Crippen molar-refractivity contribution in [3.63, 3.8) is 0 Å².